The van der Waals surface area contributed by atoms with Crippen LogP contribution in [0.4, 0.5) is 0 Å². The van der Waals surface area contributed by atoms with Crippen molar-refractivity contribution < 1.29 is 14.3 Å². The summed E-state index contributed by atoms with van der Waals surface area (Å²) >= 11 is 2.55. The number of hydrogen-bond donors (Lipinski definition) is 2. The number of rotatable bonds is 9. The Hall–Kier alpha value is -3.63. The van der Waals surface area contributed by atoms with E-state index in [1.165, 1.54) is 17.6 Å². The smallest absolute Gasteiger partial charge is 0.260 e. The Labute approximate surface area is 210 Å². The van der Waals surface area contributed by atoms with Crippen molar-refractivity contribution in [2.45, 2.75) is 19.0 Å². The van der Waals surface area contributed by atoms with Gasteiger partial charge in [-0.25, -0.2) is 10.4 Å². The number of amides is 1. The normalized spacial score (nSPS) is 11.2. The van der Waals surface area contributed by atoms with Crippen molar-refractivity contribution in [2.75, 3.05) is 19.5 Å². The maximum absolute atomic E-state index is 12.8. The van der Waals surface area contributed by atoms with Gasteiger partial charge in [0.25, 0.3) is 11.5 Å². The highest BCUT2D eigenvalue weighted by Crippen LogP contribution is 2.31. The Morgan fingerprint density at radius 1 is 1.23 bits per heavy atom. The summed E-state index contributed by atoms with van der Waals surface area (Å²) in [5.41, 5.74) is 5.98. The number of aryl methyl sites for hydroxylation is 1. The zero-order valence-corrected chi connectivity index (χ0v) is 21.1. The number of H-pyrrole nitrogens is 1. The molecule has 4 rings (SSSR count). The van der Waals surface area contributed by atoms with Crippen LogP contribution in [0.5, 0.6) is 11.5 Å². The van der Waals surface area contributed by atoms with Crippen LogP contribution < -0.4 is 20.5 Å². The van der Waals surface area contributed by atoms with E-state index in [-0.39, 0.29) is 17.2 Å². The number of aromatic amines is 1. The summed E-state index contributed by atoms with van der Waals surface area (Å²) in [6.07, 6.45) is 1.52. The molecule has 0 radical (unpaired) electrons. The Morgan fingerprint density at radius 3 is 2.77 bits per heavy atom. The number of aromatic nitrogens is 2. The molecule has 4 aromatic rings. The van der Waals surface area contributed by atoms with Gasteiger partial charge in [-0.1, -0.05) is 41.6 Å². The van der Waals surface area contributed by atoms with Gasteiger partial charge in [-0.3, -0.25) is 9.59 Å². The molecule has 0 saturated carbocycles. The lowest BCUT2D eigenvalue weighted by molar-refractivity contribution is -0.118. The SMILES string of the molecule is CCOc1ccc(/C=N/NC(=O)CSc2nc3scc(-c4ccc(C)cc4)c3c(=O)[nH]2)cc1OC. The highest BCUT2D eigenvalue weighted by atomic mass is 32.2. The maximum Gasteiger partial charge on any atom is 0.260 e. The van der Waals surface area contributed by atoms with Crippen molar-refractivity contribution in [2.24, 2.45) is 5.10 Å². The minimum atomic E-state index is -0.321. The molecular formula is C25H24N4O4S2. The molecule has 8 nitrogen and oxygen atoms in total. The summed E-state index contributed by atoms with van der Waals surface area (Å²) in [5, 5.41) is 6.87. The molecular weight excluding hydrogens is 484 g/mol. The molecule has 0 saturated heterocycles. The molecule has 0 aliphatic heterocycles. The lowest BCUT2D eigenvalue weighted by atomic mass is 10.1. The van der Waals surface area contributed by atoms with Gasteiger partial charge in [-0.2, -0.15) is 5.10 Å². The van der Waals surface area contributed by atoms with Crippen LogP contribution in [0.25, 0.3) is 21.3 Å². The van der Waals surface area contributed by atoms with Gasteiger partial charge in [0.05, 0.1) is 31.1 Å². The van der Waals surface area contributed by atoms with Gasteiger partial charge in [-0.15, -0.1) is 11.3 Å². The van der Waals surface area contributed by atoms with Crippen LogP contribution in [0.15, 0.2) is 62.9 Å². The van der Waals surface area contributed by atoms with Crippen LogP contribution in [0.2, 0.25) is 0 Å². The Kier molecular flexibility index (Phi) is 7.84. The zero-order valence-electron chi connectivity index (χ0n) is 19.5. The van der Waals surface area contributed by atoms with Gasteiger partial charge in [0, 0.05) is 10.9 Å². The molecule has 2 aromatic heterocycles. The van der Waals surface area contributed by atoms with Gasteiger partial charge in [0.1, 0.15) is 4.83 Å². The van der Waals surface area contributed by atoms with Gasteiger partial charge in [-0.05, 0) is 43.2 Å². The summed E-state index contributed by atoms with van der Waals surface area (Å²) < 4.78 is 10.8. The third-order valence-corrected chi connectivity index (χ3v) is 6.76. The van der Waals surface area contributed by atoms with E-state index in [1.54, 1.807) is 19.2 Å². The summed E-state index contributed by atoms with van der Waals surface area (Å²) in [6, 6.07) is 13.4. The van der Waals surface area contributed by atoms with E-state index in [0.717, 1.165) is 34.0 Å². The van der Waals surface area contributed by atoms with Crippen molar-refractivity contribution in [3.8, 4) is 22.6 Å². The number of fused-ring (bicyclic) bond motifs is 1. The highest BCUT2D eigenvalue weighted by Gasteiger charge is 2.14. The van der Waals surface area contributed by atoms with Gasteiger partial charge in [0.15, 0.2) is 16.7 Å². The van der Waals surface area contributed by atoms with Crippen LogP contribution in [-0.2, 0) is 4.79 Å². The predicted molar refractivity (Wildman–Crippen MR) is 141 cm³/mol. The van der Waals surface area contributed by atoms with E-state index < -0.39 is 0 Å². The van der Waals surface area contributed by atoms with E-state index in [4.69, 9.17) is 9.47 Å². The number of carbonyl (C=O) groups excluding carboxylic acids is 1. The molecule has 1 amide bonds. The van der Waals surface area contributed by atoms with E-state index in [1.807, 2.05) is 49.6 Å². The summed E-state index contributed by atoms with van der Waals surface area (Å²) in [6.45, 7) is 4.45. The number of hydrogen-bond acceptors (Lipinski definition) is 8. The Morgan fingerprint density at radius 2 is 2.03 bits per heavy atom. The molecule has 0 aliphatic rings. The number of nitrogens with zero attached hydrogens (tertiary/aromatic N) is 2. The molecule has 0 atom stereocenters. The molecule has 0 bridgehead atoms. The third-order valence-electron chi connectivity index (χ3n) is 5.02. The van der Waals surface area contributed by atoms with Crippen LogP contribution in [0.3, 0.4) is 0 Å². The molecule has 2 aromatic carbocycles. The fourth-order valence-electron chi connectivity index (χ4n) is 3.33. The van der Waals surface area contributed by atoms with Gasteiger partial charge in [0.2, 0.25) is 0 Å². The second-order valence-electron chi connectivity index (χ2n) is 7.49. The summed E-state index contributed by atoms with van der Waals surface area (Å²) in [7, 11) is 1.56. The number of hydrazone groups is 1. The number of nitrogens with one attached hydrogen (secondary N) is 2. The van der Waals surface area contributed by atoms with Crippen molar-refractivity contribution in [1.29, 1.82) is 0 Å². The summed E-state index contributed by atoms with van der Waals surface area (Å²) in [5.74, 6) is 0.956. The lowest BCUT2D eigenvalue weighted by Gasteiger charge is -2.09. The fraction of sp³-hybridized carbons (Fsp3) is 0.200. The van der Waals surface area contributed by atoms with Crippen molar-refractivity contribution >= 4 is 45.4 Å². The van der Waals surface area contributed by atoms with Gasteiger partial charge >= 0.3 is 0 Å². The highest BCUT2D eigenvalue weighted by molar-refractivity contribution is 7.99. The van der Waals surface area contributed by atoms with Crippen molar-refractivity contribution in [3.05, 3.63) is 69.3 Å². The largest absolute Gasteiger partial charge is 0.493 e. The first-order chi connectivity index (χ1) is 17.0. The molecule has 35 heavy (non-hydrogen) atoms. The standard InChI is InChI=1S/C25H24N4O4S2/c1-4-33-19-10-7-16(11-20(19)32-3)12-26-29-21(30)14-35-25-27-23(31)22-18(13-34-24(22)28-25)17-8-5-15(2)6-9-17/h5-13H,4,14H2,1-3H3,(H,29,30)(H,27,28,31)/b26-12+. The van der Waals surface area contributed by atoms with Crippen molar-refractivity contribution in [1.82, 2.24) is 15.4 Å². The summed E-state index contributed by atoms with van der Waals surface area (Å²) in [4.78, 5) is 32.9. The second kappa shape index (κ2) is 11.2. The lowest BCUT2D eigenvalue weighted by Crippen LogP contribution is -2.20. The molecule has 0 aliphatic carbocycles. The molecule has 0 unspecified atom stereocenters. The van der Waals surface area contributed by atoms with E-state index in [0.29, 0.717) is 33.5 Å². The van der Waals surface area contributed by atoms with Crippen LogP contribution in [-0.4, -0.2) is 41.6 Å². The van der Waals surface area contributed by atoms with E-state index in [2.05, 4.69) is 20.5 Å². The molecule has 2 heterocycles. The van der Waals surface area contributed by atoms with Gasteiger partial charge < -0.3 is 14.5 Å². The third kappa shape index (κ3) is 5.90. The van der Waals surface area contributed by atoms with Crippen LogP contribution >= 0.6 is 23.1 Å². The quantitative estimate of drug-likeness (QED) is 0.148. The average molecular weight is 509 g/mol. The first-order valence-corrected chi connectivity index (χ1v) is 12.7. The van der Waals surface area contributed by atoms with Crippen molar-refractivity contribution in [3.63, 3.8) is 0 Å². The minimum Gasteiger partial charge on any atom is -0.493 e. The number of carbonyl (C=O) groups is 1. The number of ether oxygens (including phenoxy) is 2. The molecule has 0 fully saturated rings. The molecule has 180 valence electrons. The number of thioether (sulfide) groups is 1. The maximum atomic E-state index is 12.8. The Bertz CT molecular complexity index is 1430. The molecule has 10 heteroatoms. The second-order valence-corrected chi connectivity index (χ2v) is 9.31. The minimum absolute atomic E-state index is 0.0502. The van der Waals surface area contributed by atoms with Crippen LogP contribution in [0.1, 0.15) is 18.1 Å². The molecule has 0 spiro atoms. The van der Waals surface area contributed by atoms with Crippen LogP contribution in [0, 0.1) is 6.92 Å². The first-order valence-electron chi connectivity index (χ1n) is 10.8. The Balaban J connectivity index is 1.38. The molecule has 2 N–H and O–H groups in total. The average Bonchev–Trinajstić information content (AvgIpc) is 3.29. The first kappa shape index (κ1) is 24.5. The number of thiophene rings is 1. The number of benzene rings is 2. The number of methoxy groups -OCH3 is 1. The van der Waals surface area contributed by atoms with E-state index in [9.17, 15) is 9.59 Å². The fourth-order valence-corrected chi connectivity index (χ4v) is 4.99. The van der Waals surface area contributed by atoms with E-state index >= 15 is 0 Å². The monoisotopic (exact) mass is 508 g/mol. The zero-order chi connectivity index (χ0) is 24.8. The predicted octanol–water partition coefficient (Wildman–Crippen LogP) is 4.61. The topological polar surface area (TPSA) is 106 Å².